The molecule has 0 unspecified atom stereocenters. The number of H-pyrrole nitrogens is 1. The molecule has 23 heavy (non-hydrogen) atoms. The number of carbonyl (C=O) groups excluding carboxylic acids is 1. The molecule has 126 valence electrons. The van der Waals surface area contributed by atoms with Gasteiger partial charge in [-0.25, -0.2) is 0 Å². The maximum absolute atomic E-state index is 12.5. The Morgan fingerprint density at radius 1 is 1.13 bits per heavy atom. The van der Waals surface area contributed by atoms with Crippen LogP contribution in [0.2, 0.25) is 10.0 Å². The fourth-order valence-corrected chi connectivity index (χ4v) is 3.28. The fourth-order valence-electron chi connectivity index (χ4n) is 2.74. The van der Waals surface area contributed by atoms with Crippen LogP contribution in [0.15, 0.2) is 18.2 Å². The van der Waals surface area contributed by atoms with Gasteiger partial charge in [0.05, 0.1) is 5.02 Å². The number of unbranched alkanes of at least 4 members (excludes halogenated alkanes) is 2. The highest BCUT2D eigenvalue weighted by atomic mass is 35.5. The molecule has 0 atom stereocenters. The largest absolute Gasteiger partial charge is 0.350 e. The Hall–Kier alpha value is -1.19. The second-order valence-electron chi connectivity index (χ2n) is 5.99. The number of rotatable bonds is 8. The number of fused-ring (bicyclic) bond motifs is 1. The van der Waals surface area contributed by atoms with Crippen LogP contribution in [-0.4, -0.2) is 16.9 Å². The smallest absolute Gasteiger partial charge is 0.267 e. The molecular formula is C18H24Cl2N2O. The standard InChI is InChI=1S/C18H24Cl2N2O/c1-3-5-7-13(8-6-4-2)21-18(23)17-11-14-15(20)9-12(19)10-16(14)22-17/h9-11,13,22H,3-8H2,1-2H3,(H,21,23). The van der Waals surface area contributed by atoms with Crippen LogP contribution in [0, 0.1) is 0 Å². The van der Waals surface area contributed by atoms with Crippen LogP contribution in [0.1, 0.15) is 62.9 Å². The third kappa shape index (κ3) is 4.89. The summed E-state index contributed by atoms with van der Waals surface area (Å²) in [6.45, 7) is 4.34. The van der Waals surface area contributed by atoms with Gasteiger partial charge >= 0.3 is 0 Å². The van der Waals surface area contributed by atoms with E-state index in [0.717, 1.165) is 49.4 Å². The van der Waals surface area contributed by atoms with Gasteiger partial charge in [-0.1, -0.05) is 62.7 Å². The first-order valence-corrected chi connectivity index (χ1v) is 9.09. The maximum atomic E-state index is 12.5. The van der Waals surface area contributed by atoms with Crippen molar-refractivity contribution in [1.29, 1.82) is 0 Å². The summed E-state index contributed by atoms with van der Waals surface area (Å²) in [5.41, 5.74) is 1.31. The molecule has 0 aliphatic rings. The number of carbonyl (C=O) groups is 1. The highest BCUT2D eigenvalue weighted by Crippen LogP contribution is 2.28. The van der Waals surface area contributed by atoms with Gasteiger partial charge in [0.2, 0.25) is 0 Å². The number of hydrogen-bond donors (Lipinski definition) is 2. The van der Waals surface area contributed by atoms with Gasteiger partial charge in [0.25, 0.3) is 5.91 Å². The molecule has 0 saturated heterocycles. The zero-order valence-corrected chi connectivity index (χ0v) is 15.2. The van der Waals surface area contributed by atoms with Crippen molar-refractivity contribution in [2.75, 3.05) is 0 Å². The quantitative estimate of drug-likeness (QED) is 0.603. The molecule has 5 heteroatoms. The number of hydrogen-bond acceptors (Lipinski definition) is 1. The number of nitrogens with one attached hydrogen (secondary N) is 2. The van der Waals surface area contributed by atoms with Gasteiger partial charge in [0.15, 0.2) is 0 Å². The SMILES string of the molecule is CCCCC(CCCC)NC(=O)c1cc2c(Cl)cc(Cl)cc2[nH]1. The second kappa shape index (κ2) is 8.60. The van der Waals surface area contributed by atoms with Crippen LogP contribution in [0.3, 0.4) is 0 Å². The Labute approximate surface area is 147 Å². The van der Waals surface area contributed by atoms with E-state index in [9.17, 15) is 4.79 Å². The minimum absolute atomic E-state index is 0.0782. The van der Waals surface area contributed by atoms with Gasteiger partial charge in [0, 0.05) is 22.0 Å². The molecule has 1 heterocycles. The lowest BCUT2D eigenvalue weighted by Gasteiger charge is -2.17. The molecule has 2 N–H and O–H groups in total. The lowest BCUT2D eigenvalue weighted by Crippen LogP contribution is -2.35. The lowest BCUT2D eigenvalue weighted by molar-refractivity contribution is 0.0927. The van der Waals surface area contributed by atoms with E-state index in [2.05, 4.69) is 24.1 Å². The number of halogens is 2. The van der Waals surface area contributed by atoms with Crippen molar-refractivity contribution in [3.8, 4) is 0 Å². The van der Waals surface area contributed by atoms with E-state index in [1.807, 2.05) is 0 Å². The molecule has 1 aromatic heterocycles. The first-order valence-electron chi connectivity index (χ1n) is 8.33. The van der Waals surface area contributed by atoms with Crippen LogP contribution in [0.4, 0.5) is 0 Å². The van der Waals surface area contributed by atoms with E-state index in [-0.39, 0.29) is 11.9 Å². The average molecular weight is 355 g/mol. The van der Waals surface area contributed by atoms with E-state index < -0.39 is 0 Å². The summed E-state index contributed by atoms with van der Waals surface area (Å²) in [6, 6.07) is 5.49. The van der Waals surface area contributed by atoms with Gasteiger partial charge in [-0.3, -0.25) is 4.79 Å². The third-order valence-corrected chi connectivity index (χ3v) is 4.58. The molecule has 0 bridgehead atoms. The van der Waals surface area contributed by atoms with E-state index in [1.165, 1.54) is 0 Å². The van der Waals surface area contributed by atoms with Crippen molar-refractivity contribution in [3.05, 3.63) is 33.9 Å². The number of amides is 1. The molecule has 1 aromatic carbocycles. The van der Waals surface area contributed by atoms with Gasteiger partial charge in [-0.15, -0.1) is 0 Å². The van der Waals surface area contributed by atoms with Gasteiger partial charge in [-0.05, 0) is 31.0 Å². The van der Waals surface area contributed by atoms with E-state index in [0.29, 0.717) is 15.7 Å². The molecule has 0 aliphatic carbocycles. The van der Waals surface area contributed by atoms with Gasteiger partial charge < -0.3 is 10.3 Å². The highest BCUT2D eigenvalue weighted by molar-refractivity contribution is 6.38. The summed E-state index contributed by atoms with van der Waals surface area (Å²) in [4.78, 5) is 15.6. The molecule has 2 rings (SSSR count). The van der Waals surface area contributed by atoms with Crippen LogP contribution in [-0.2, 0) is 0 Å². The van der Waals surface area contributed by atoms with Crippen LogP contribution >= 0.6 is 23.2 Å². The first kappa shape index (κ1) is 18.2. The van der Waals surface area contributed by atoms with Crippen molar-refractivity contribution in [2.45, 2.75) is 58.4 Å². The molecule has 0 radical (unpaired) electrons. The first-order chi connectivity index (χ1) is 11.0. The van der Waals surface area contributed by atoms with E-state index in [1.54, 1.807) is 18.2 Å². The number of aromatic amines is 1. The van der Waals surface area contributed by atoms with Gasteiger partial charge in [-0.2, -0.15) is 0 Å². The third-order valence-electron chi connectivity index (χ3n) is 4.04. The Morgan fingerprint density at radius 2 is 1.78 bits per heavy atom. The Bertz CT molecular complexity index is 658. The Balaban J connectivity index is 2.13. The van der Waals surface area contributed by atoms with E-state index >= 15 is 0 Å². The summed E-state index contributed by atoms with van der Waals surface area (Å²) >= 11 is 12.2. The number of benzene rings is 1. The predicted molar refractivity (Wildman–Crippen MR) is 98.6 cm³/mol. The molecule has 0 saturated carbocycles. The zero-order valence-electron chi connectivity index (χ0n) is 13.7. The van der Waals surface area contributed by atoms with Crippen molar-refractivity contribution in [2.24, 2.45) is 0 Å². The monoisotopic (exact) mass is 354 g/mol. The molecule has 0 spiro atoms. The molecule has 2 aromatic rings. The van der Waals surface area contributed by atoms with Crippen molar-refractivity contribution in [1.82, 2.24) is 10.3 Å². The summed E-state index contributed by atoms with van der Waals surface area (Å²) in [7, 11) is 0. The molecule has 0 fully saturated rings. The van der Waals surface area contributed by atoms with E-state index in [4.69, 9.17) is 23.2 Å². The summed E-state index contributed by atoms with van der Waals surface area (Å²) in [5.74, 6) is -0.0782. The molecule has 0 aliphatic heterocycles. The van der Waals surface area contributed by atoms with Crippen LogP contribution in [0.25, 0.3) is 10.9 Å². The summed E-state index contributed by atoms with van der Waals surface area (Å²) in [5, 5.41) is 5.08. The van der Waals surface area contributed by atoms with Gasteiger partial charge in [0.1, 0.15) is 5.69 Å². The summed E-state index contributed by atoms with van der Waals surface area (Å²) in [6.07, 6.45) is 6.58. The Morgan fingerprint density at radius 3 is 2.39 bits per heavy atom. The normalized spacial score (nSPS) is 11.3. The predicted octanol–water partition coefficient (Wildman–Crippen LogP) is 5.95. The topological polar surface area (TPSA) is 44.9 Å². The van der Waals surface area contributed by atoms with Crippen molar-refractivity contribution >= 4 is 40.0 Å². The fraction of sp³-hybridized carbons (Fsp3) is 0.500. The number of aromatic nitrogens is 1. The van der Waals surface area contributed by atoms with Crippen LogP contribution in [0.5, 0.6) is 0 Å². The minimum Gasteiger partial charge on any atom is -0.350 e. The summed E-state index contributed by atoms with van der Waals surface area (Å²) < 4.78 is 0. The van der Waals surface area contributed by atoms with Crippen molar-refractivity contribution < 1.29 is 4.79 Å². The Kier molecular flexibility index (Phi) is 6.79. The minimum atomic E-state index is -0.0782. The van der Waals surface area contributed by atoms with Crippen molar-refractivity contribution in [3.63, 3.8) is 0 Å². The van der Waals surface area contributed by atoms with Crippen LogP contribution < -0.4 is 5.32 Å². The average Bonchev–Trinajstić information content (AvgIpc) is 2.94. The molecule has 1 amide bonds. The lowest BCUT2D eigenvalue weighted by atomic mass is 10.0. The second-order valence-corrected chi connectivity index (χ2v) is 6.83. The molecule has 3 nitrogen and oxygen atoms in total. The maximum Gasteiger partial charge on any atom is 0.267 e. The highest BCUT2D eigenvalue weighted by Gasteiger charge is 2.16. The molecular weight excluding hydrogens is 331 g/mol. The zero-order chi connectivity index (χ0) is 16.8.